The second-order valence-corrected chi connectivity index (χ2v) is 7.69. The highest BCUT2D eigenvalue weighted by molar-refractivity contribution is 14.1. The average Bonchev–Trinajstić information content (AvgIpc) is 2.55. The lowest BCUT2D eigenvalue weighted by molar-refractivity contribution is 0.0500. The predicted octanol–water partition coefficient (Wildman–Crippen LogP) is 1.38. The molecule has 0 unspecified atom stereocenters. The van der Waals surface area contributed by atoms with Crippen LogP contribution in [0.25, 0.3) is 0 Å². The molecule has 2 amide bonds. The van der Waals surface area contributed by atoms with E-state index in [-0.39, 0.29) is 6.03 Å². The average molecular weight is 456 g/mol. The van der Waals surface area contributed by atoms with Crippen molar-refractivity contribution in [1.29, 1.82) is 0 Å². The highest BCUT2D eigenvalue weighted by Gasteiger charge is 2.17. The number of nitrogens with one attached hydrogen (secondary N) is 3. The number of carbonyl (C=O) groups is 1. The van der Waals surface area contributed by atoms with Crippen LogP contribution in [0.2, 0.25) is 0 Å². The summed E-state index contributed by atoms with van der Waals surface area (Å²) in [5, 5.41) is 9.04. The van der Waals surface area contributed by atoms with E-state index in [2.05, 4.69) is 55.8 Å². The molecule has 3 N–H and O–H groups in total. The van der Waals surface area contributed by atoms with Crippen molar-refractivity contribution < 1.29 is 14.3 Å². The molecule has 0 bridgehead atoms. The number of halogens is 1. The van der Waals surface area contributed by atoms with Gasteiger partial charge in [0.05, 0.1) is 26.4 Å². The second-order valence-electron chi connectivity index (χ2n) is 6.32. The maximum Gasteiger partial charge on any atom is 0.314 e. The van der Waals surface area contributed by atoms with Gasteiger partial charge < -0.3 is 25.4 Å². The number of nitrogens with zero attached hydrogens (tertiary/aromatic N) is 1. The van der Waals surface area contributed by atoms with E-state index in [0.29, 0.717) is 44.9 Å². The van der Waals surface area contributed by atoms with Gasteiger partial charge in [-0.1, -0.05) is 13.8 Å². The number of rotatable bonds is 12. The molecule has 1 aliphatic rings. The summed E-state index contributed by atoms with van der Waals surface area (Å²) in [5.74, 6) is 0.598. The number of carbonyl (C=O) groups excluding carboxylic acids is 1. The lowest BCUT2D eigenvalue weighted by Crippen LogP contribution is -2.41. The smallest absolute Gasteiger partial charge is 0.314 e. The van der Waals surface area contributed by atoms with Crippen LogP contribution in [0, 0.1) is 5.92 Å². The van der Waals surface area contributed by atoms with Crippen LogP contribution in [0.15, 0.2) is 0 Å². The Balaban J connectivity index is 1.82. The van der Waals surface area contributed by atoms with Crippen LogP contribution < -0.4 is 16.0 Å². The molecule has 0 spiro atoms. The fourth-order valence-corrected chi connectivity index (χ4v) is 2.94. The van der Waals surface area contributed by atoms with Crippen molar-refractivity contribution in [3.05, 3.63) is 0 Å². The lowest BCUT2D eigenvalue weighted by Gasteiger charge is -2.27. The number of hydrogen-bond donors (Lipinski definition) is 3. The van der Waals surface area contributed by atoms with Crippen LogP contribution in [-0.4, -0.2) is 74.3 Å². The zero-order chi connectivity index (χ0) is 17.6. The molecule has 0 aliphatic carbocycles. The van der Waals surface area contributed by atoms with Gasteiger partial charge in [0.1, 0.15) is 0 Å². The first-order chi connectivity index (χ1) is 11.6. The molecular weight excluding hydrogens is 423 g/mol. The van der Waals surface area contributed by atoms with Crippen LogP contribution >= 0.6 is 22.9 Å². The highest BCUT2D eigenvalue weighted by atomic mass is 127. The summed E-state index contributed by atoms with van der Waals surface area (Å²) in [7, 11) is 0. The lowest BCUT2D eigenvalue weighted by atomic mass is 9.98. The molecule has 1 heterocycles. The first-order valence-corrected chi connectivity index (χ1v) is 9.85. The van der Waals surface area contributed by atoms with Crippen LogP contribution in [0.5, 0.6) is 0 Å². The number of piperidine rings is 1. The summed E-state index contributed by atoms with van der Waals surface area (Å²) in [4.78, 5) is 11.7. The molecular formula is C16H33IN4O3. The molecule has 0 atom stereocenters. The second kappa shape index (κ2) is 14.1. The summed E-state index contributed by atoms with van der Waals surface area (Å²) in [6.45, 7) is 10.9. The zero-order valence-electron chi connectivity index (χ0n) is 15.0. The normalized spacial score (nSPS) is 16.5. The Morgan fingerprint density at radius 3 is 2.33 bits per heavy atom. The topological polar surface area (TPSA) is 74.9 Å². The van der Waals surface area contributed by atoms with Crippen LogP contribution in [0.1, 0.15) is 26.7 Å². The van der Waals surface area contributed by atoms with E-state index in [4.69, 9.17) is 9.47 Å². The van der Waals surface area contributed by atoms with Gasteiger partial charge in [-0.25, -0.2) is 7.91 Å². The van der Waals surface area contributed by atoms with Gasteiger partial charge in [-0.15, -0.1) is 0 Å². The number of hydrogen-bond acceptors (Lipinski definition) is 5. The molecule has 7 nitrogen and oxygen atoms in total. The molecule has 142 valence electrons. The predicted molar refractivity (Wildman–Crippen MR) is 104 cm³/mol. The third kappa shape index (κ3) is 12.2. The van der Waals surface area contributed by atoms with Crippen molar-refractivity contribution in [2.45, 2.75) is 32.7 Å². The molecule has 1 saturated heterocycles. The Bertz CT molecular complexity index is 326. The van der Waals surface area contributed by atoms with Crippen molar-refractivity contribution in [2.75, 3.05) is 59.2 Å². The molecule has 1 rings (SSSR count). The van der Waals surface area contributed by atoms with E-state index in [0.717, 1.165) is 39.0 Å². The Labute approximate surface area is 160 Å². The van der Waals surface area contributed by atoms with E-state index in [9.17, 15) is 4.79 Å². The van der Waals surface area contributed by atoms with Crippen molar-refractivity contribution >= 4 is 28.9 Å². The molecule has 1 fully saturated rings. The van der Waals surface area contributed by atoms with Crippen LogP contribution in [0.4, 0.5) is 4.79 Å². The SMILES string of the molecule is CC(C)NCCOCCOCCNC(=O)NCC1CCN(I)CC1. The largest absolute Gasteiger partial charge is 0.378 e. The summed E-state index contributed by atoms with van der Waals surface area (Å²) >= 11 is 2.36. The van der Waals surface area contributed by atoms with Crippen molar-refractivity contribution in [2.24, 2.45) is 5.92 Å². The van der Waals surface area contributed by atoms with Gasteiger partial charge in [0.15, 0.2) is 0 Å². The Morgan fingerprint density at radius 2 is 1.71 bits per heavy atom. The highest BCUT2D eigenvalue weighted by Crippen LogP contribution is 2.18. The molecule has 8 heteroatoms. The van der Waals surface area contributed by atoms with E-state index >= 15 is 0 Å². The van der Waals surface area contributed by atoms with Gasteiger partial charge in [-0.05, 0) is 18.8 Å². The third-order valence-electron chi connectivity index (χ3n) is 3.81. The minimum absolute atomic E-state index is 0.105. The minimum Gasteiger partial charge on any atom is -0.378 e. The Morgan fingerprint density at radius 1 is 1.08 bits per heavy atom. The van der Waals surface area contributed by atoms with Crippen molar-refractivity contribution in [3.8, 4) is 0 Å². The quantitative estimate of drug-likeness (QED) is 0.235. The van der Waals surface area contributed by atoms with E-state index in [1.54, 1.807) is 0 Å². The molecule has 0 aromatic carbocycles. The van der Waals surface area contributed by atoms with Gasteiger partial charge in [0, 0.05) is 61.6 Å². The number of urea groups is 1. The molecule has 0 radical (unpaired) electrons. The fraction of sp³-hybridized carbons (Fsp3) is 0.938. The summed E-state index contributed by atoms with van der Waals surface area (Å²) in [5.41, 5.74) is 0. The first kappa shape index (κ1) is 21.9. The minimum atomic E-state index is -0.105. The Kier molecular flexibility index (Phi) is 12.8. The number of ether oxygens (including phenoxy) is 2. The zero-order valence-corrected chi connectivity index (χ0v) is 17.1. The summed E-state index contributed by atoms with van der Waals surface area (Å²) in [6, 6.07) is 0.382. The summed E-state index contributed by atoms with van der Waals surface area (Å²) in [6.07, 6.45) is 2.30. The summed E-state index contributed by atoms with van der Waals surface area (Å²) < 4.78 is 13.2. The van der Waals surface area contributed by atoms with Gasteiger partial charge in [0.2, 0.25) is 0 Å². The fourth-order valence-electron chi connectivity index (χ4n) is 2.38. The first-order valence-electron chi connectivity index (χ1n) is 8.89. The van der Waals surface area contributed by atoms with Gasteiger partial charge >= 0.3 is 6.03 Å². The maximum absolute atomic E-state index is 11.7. The molecule has 24 heavy (non-hydrogen) atoms. The molecule has 1 aliphatic heterocycles. The van der Waals surface area contributed by atoms with Gasteiger partial charge in [-0.2, -0.15) is 0 Å². The van der Waals surface area contributed by atoms with Crippen LogP contribution in [-0.2, 0) is 9.47 Å². The standard InChI is InChI=1S/C16H33IN4O3/c1-14(2)18-5-9-23-11-12-24-10-6-19-16(22)20-13-15-3-7-21(17)8-4-15/h14-15,18H,3-13H2,1-2H3,(H2,19,20,22). The number of amides is 2. The van der Waals surface area contributed by atoms with E-state index in [1.165, 1.54) is 0 Å². The van der Waals surface area contributed by atoms with Crippen molar-refractivity contribution in [1.82, 2.24) is 19.1 Å². The Hall–Kier alpha value is -0.160. The van der Waals surface area contributed by atoms with E-state index < -0.39 is 0 Å². The third-order valence-corrected chi connectivity index (χ3v) is 4.78. The molecule has 0 saturated carbocycles. The van der Waals surface area contributed by atoms with E-state index in [1.807, 2.05) is 0 Å². The van der Waals surface area contributed by atoms with Crippen LogP contribution in [0.3, 0.4) is 0 Å². The monoisotopic (exact) mass is 456 g/mol. The van der Waals surface area contributed by atoms with Gasteiger partial charge in [-0.3, -0.25) is 0 Å². The molecule has 0 aromatic rings. The maximum atomic E-state index is 11.7. The van der Waals surface area contributed by atoms with Crippen molar-refractivity contribution in [3.63, 3.8) is 0 Å². The molecule has 0 aromatic heterocycles. The van der Waals surface area contributed by atoms with Gasteiger partial charge in [0.25, 0.3) is 0 Å².